The third kappa shape index (κ3) is 15.2. The Hall–Kier alpha value is -7.86. The zero-order chi connectivity index (χ0) is 58.5. The van der Waals surface area contributed by atoms with Gasteiger partial charge in [-0.2, -0.15) is 72.0 Å². The Morgan fingerprint density at radius 3 is 1.09 bits per heavy atom. The fraction of sp³-hybridized carbons (Fsp3) is 0.200. The molecule has 0 saturated heterocycles. The molecule has 0 aliphatic rings. The van der Waals surface area contributed by atoms with E-state index in [4.69, 9.17) is 0 Å². The van der Waals surface area contributed by atoms with Crippen LogP contribution in [0.4, 0.5) is 58.4 Å². The first-order valence-electron chi connectivity index (χ1n) is 21.9. The Morgan fingerprint density at radius 1 is 0.430 bits per heavy atom. The standard InChI is InChI=1S/C40H43N15O18S6/c1-5-21(3)41-35-47-37(51-39(49-35)45-29-19-27(75(59,60)61)13-15-31(29)77(65,66)67)43-25-11-9-23(33(17-25)74(53-56,54-57)55-58)7-8-24-10-12-26(18-34(24)79(71,72)73)44-38-48-36(42-22(4)6-2)50-40(52-38)46-30-20-28(76(62,63)64)14-16-32(30)78(68,69)70/h7-22H,5-6H2,1-4H3,(H,59,60,61)(H,62,63,64)(H,65,66,67)(H,68,69,70)(H,71,72,73)(H3,41,43,45,47,49,51)(H3,42,44,46,48,50,52)/b8-7+. The summed E-state index contributed by atoms with van der Waals surface area (Å²) in [5.41, 5.74) is -1.93. The van der Waals surface area contributed by atoms with E-state index in [0.29, 0.717) is 49.2 Å². The van der Waals surface area contributed by atoms with Gasteiger partial charge < -0.3 is 31.9 Å². The second-order valence-corrected chi connectivity index (χ2v) is 25.2. The van der Waals surface area contributed by atoms with Crippen LogP contribution in [0.25, 0.3) is 12.2 Å². The number of anilines is 10. The molecule has 2 unspecified atom stereocenters. The lowest BCUT2D eigenvalue weighted by Crippen LogP contribution is -2.17. The zero-order valence-electron chi connectivity index (χ0n) is 40.7. The van der Waals surface area contributed by atoms with Crippen molar-refractivity contribution >= 4 is 132 Å². The summed E-state index contributed by atoms with van der Waals surface area (Å²) in [6.07, 6.45) is 3.21. The summed E-state index contributed by atoms with van der Waals surface area (Å²) in [6.45, 7) is 7.08. The van der Waals surface area contributed by atoms with E-state index >= 15 is 0 Å². The van der Waals surface area contributed by atoms with Crippen LogP contribution >= 0.6 is 10.6 Å². The molecule has 0 bridgehead atoms. The van der Waals surface area contributed by atoms with Crippen LogP contribution < -0.4 is 31.9 Å². The molecule has 4 aromatic carbocycles. The van der Waals surface area contributed by atoms with Gasteiger partial charge in [0.2, 0.25) is 35.7 Å². The molecule has 0 aliphatic heterocycles. The maximum absolute atomic E-state index is 12.9. The molecule has 0 amide bonds. The number of rotatable bonds is 25. The molecule has 6 aromatic rings. The van der Waals surface area contributed by atoms with Crippen molar-refractivity contribution in [1.29, 1.82) is 0 Å². The first kappa shape index (κ1) is 60.4. The van der Waals surface area contributed by atoms with E-state index in [9.17, 15) is 79.6 Å². The number of nitrogens with zero attached hydrogens (tertiary/aromatic N) is 9. The van der Waals surface area contributed by atoms with Gasteiger partial charge in [-0.15, -0.1) is 14.7 Å². The monoisotopic (exact) mass is 1210 g/mol. The molecule has 0 radical (unpaired) electrons. The molecule has 2 heterocycles. The van der Waals surface area contributed by atoms with Crippen LogP contribution in [-0.2, 0) is 50.6 Å². The van der Waals surface area contributed by atoms with Gasteiger partial charge in [0.25, 0.3) is 50.6 Å². The average Bonchev–Trinajstić information content (AvgIpc) is 3.39. The molecule has 39 heteroatoms. The number of nitroso groups, excluding NO2 is 3. The van der Waals surface area contributed by atoms with Crippen molar-refractivity contribution in [3.8, 4) is 0 Å². The number of benzene rings is 4. The Kier molecular flexibility index (Phi) is 18.1. The summed E-state index contributed by atoms with van der Waals surface area (Å²) in [4.78, 5) is 57.2. The van der Waals surface area contributed by atoms with Gasteiger partial charge in [-0.25, -0.2) is 0 Å². The van der Waals surface area contributed by atoms with Crippen molar-refractivity contribution < 1.29 is 64.9 Å². The Labute approximate surface area is 450 Å². The SMILES string of the molecule is CCC(C)Nc1nc(Nc2ccc(/C=C/c3ccc(Nc4nc(Nc5cc(S(=O)(=O)O)ccc5S(=O)(=O)O)nc(NC(C)CC)n4)cc3S(=O)(=O)O)c(S(N=O)(N=O)N=O)c2)nc(Nc2cc(S(=O)(=O)O)ccc2S(=O)(=O)O)n1. The largest absolute Gasteiger partial charge is 0.352 e. The molecule has 6 rings (SSSR count). The Morgan fingerprint density at radius 2 is 0.759 bits per heavy atom. The lowest BCUT2D eigenvalue weighted by atomic mass is 10.1. The number of nitrogens with one attached hydrogen (secondary N) is 6. The minimum absolute atomic E-state index is 0.114. The molecule has 0 spiro atoms. The molecule has 79 heavy (non-hydrogen) atoms. The first-order valence-corrected chi connectivity index (χ1v) is 30.6. The van der Waals surface area contributed by atoms with Crippen LogP contribution in [0, 0.1) is 14.7 Å². The summed E-state index contributed by atoms with van der Waals surface area (Å²) in [7, 11) is -29.4. The maximum Gasteiger partial charge on any atom is 0.296 e. The highest BCUT2D eigenvalue weighted by molar-refractivity contribution is 8.30. The predicted octanol–water partition coefficient (Wildman–Crippen LogP) is 7.06. The maximum atomic E-state index is 12.9. The van der Waals surface area contributed by atoms with Gasteiger partial charge >= 0.3 is 0 Å². The third-order valence-corrected chi connectivity index (χ3v) is 16.7. The van der Waals surface area contributed by atoms with Gasteiger partial charge in [0, 0.05) is 37.2 Å². The van der Waals surface area contributed by atoms with E-state index in [2.05, 4.69) is 75.6 Å². The van der Waals surface area contributed by atoms with Gasteiger partial charge in [0.15, 0.2) is 10.6 Å². The summed E-state index contributed by atoms with van der Waals surface area (Å²) >= 11 is 0. The van der Waals surface area contributed by atoms with Crippen molar-refractivity contribution in [3.05, 3.63) is 98.6 Å². The number of hydrogen-bond donors (Lipinski definition) is 11. The highest BCUT2D eigenvalue weighted by Crippen LogP contribution is 2.61. The topological polar surface area (TPSA) is 510 Å². The van der Waals surface area contributed by atoms with Crippen molar-refractivity contribution in [3.63, 3.8) is 0 Å². The lowest BCUT2D eigenvalue weighted by Gasteiger charge is -2.19. The normalized spacial score (nSPS) is 13.4. The third-order valence-electron chi connectivity index (χ3n) is 10.7. The van der Waals surface area contributed by atoms with Gasteiger partial charge in [0.1, 0.15) is 14.7 Å². The van der Waals surface area contributed by atoms with E-state index in [1.807, 2.05) is 6.92 Å². The number of aromatic nitrogens is 6. The van der Waals surface area contributed by atoms with Gasteiger partial charge in [-0.3, -0.25) is 22.8 Å². The molecule has 0 aliphatic carbocycles. The van der Waals surface area contributed by atoms with Gasteiger partial charge in [0.05, 0.1) is 26.1 Å². The van der Waals surface area contributed by atoms with Crippen molar-refractivity contribution in [2.45, 2.75) is 82.0 Å². The molecule has 2 aromatic heterocycles. The summed E-state index contributed by atoms with van der Waals surface area (Å²) in [6, 6.07) is 10.3. The zero-order valence-corrected chi connectivity index (χ0v) is 45.6. The van der Waals surface area contributed by atoms with Crippen LogP contribution in [0.5, 0.6) is 0 Å². The second-order valence-electron chi connectivity index (χ2n) is 16.3. The van der Waals surface area contributed by atoms with E-state index in [1.165, 1.54) is 18.2 Å². The lowest BCUT2D eigenvalue weighted by molar-refractivity contribution is 0.479. The minimum Gasteiger partial charge on any atom is -0.352 e. The van der Waals surface area contributed by atoms with E-state index < -0.39 is 114 Å². The van der Waals surface area contributed by atoms with Crippen molar-refractivity contribution in [1.82, 2.24) is 29.9 Å². The molecule has 2 atom stereocenters. The second kappa shape index (κ2) is 23.6. The number of hydrogen-bond acceptors (Lipinski definition) is 28. The smallest absolute Gasteiger partial charge is 0.296 e. The molecular formula is C40H43N15O18S6. The fourth-order valence-electron chi connectivity index (χ4n) is 6.53. The van der Waals surface area contributed by atoms with Crippen molar-refractivity contribution in [2.75, 3.05) is 31.9 Å². The molecule has 11 N–H and O–H groups in total. The Balaban J connectivity index is 1.39. The average molecular weight is 1210 g/mol. The van der Waals surface area contributed by atoms with Crippen LogP contribution in [-0.4, -0.2) is 107 Å². The quantitative estimate of drug-likeness (QED) is 0.0155. The summed E-state index contributed by atoms with van der Waals surface area (Å²) in [5, 5.41) is 16.2. The molecular weight excluding hydrogens is 1170 g/mol. The van der Waals surface area contributed by atoms with E-state index in [1.54, 1.807) is 20.8 Å². The Bertz CT molecular complexity index is 3990. The molecule has 33 nitrogen and oxygen atoms in total. The highest BCUT2D eigenvalue weighted by atomic mass is 32.3. The predicted molar refractivity (Wildman–Crippen MR) is 287 cm³/mol. The van der Waals surface area contributed by atoms with Crippen LogP contribution in [0.3, 0.4) is 0 Å². The van der Waals surface area contributed by atoms with Crippen LogP contribution in [0.15, 0.2) is 116 Å². The van der Waals surface area contributed by atoms with Gasteiger partial charge in [-0.05, 0) is 98.5 Å². The van der Waals surface area contributed by atoms with Crippen molar-refractivity contribution in [2.24, 2.45) is 13.7 Å². The molecule has 0 fully saturated rings. The van der Waals surface area contributed by atoms with E-state index in [-0.39, 0.29) is 58.4 Å². The summed E-state index contributed by atoms with van der Waals surface area (Å²) in [5.74, 6) is -2.09. The highest BCUT2D eigenvalue weighted by Gasteiger charge is 2.34. The van der Waals surface area contributed by atoms with Gasteiger partial charge in [-0.1, -0.05) is 38.1 Å². The van der Waals surface area contributed by atoms with Crippen LogP contribution in [0.1, 0.15) is 51.7 Å². The first-order chi connectivity index (χ1) is 36.8. The molecule has 0 saturated carbocycles. The fourth-order valence-corrected chi connectivity index (χ4v) is 10.6. The molecule has 422 valence electrons. The van der Waals surface area contributed by atoms with Crippen LogP contribution in [0.2, 0.25) is 0 Å². The summed E-state index contributed by atoms with van der Waals surface area (Å²) < 4.78 is 180. The van der Waals surface area contributed by atoms with E-state index in [0.717, 1.165) is 30.4 Å². The minimum atomic E-state index is -5.15.